The van der Waals surface area contributed by atoms with Gasteiger partial charge in [-0.2, -0.15) is 0 Å². The van der Waals surface area contributed by atoms with Crippen molar-refractivity contribution < 1.29 is 9.18 Å². The largest absolute Gasteiger partial charge is 0.393 e. The number of benzene rings is 1. The molecule has 0 bridgehead atoms. The third kappa shape index (κ3) is 3.49. The fraction of sp³-hybridized carbons (Fsp3) is 0.333. The molecule has 1 atom stereocenters. The molecule has 3 nitrogen and oxygen atoms in total. The fourth-order valence-corrected chi connectivity index (χ4v) is 1.78. The molecule has 0 aromatic heterocycles. The topological polar surface area (TPSA) is 55.1 Å². The van der Waals surface area contributed by atoms with Crippen LogP contribution < -0.4 is 11.1 Å². The van der Waals surface area contributed by atoms with Gasteiger partial charge in [-0.15, -0.1) is 0 Å². The lowest BCUT2D eigenvalue weighted by Crippen LogP contribution is -2.32. The Hall–Kier alpha value is -1.49. The zero-order valence-electron chi connectivity index (χ0n) is 9.79. The second-order valence-corrected chi connectivity index (χ2v) is 4.28. The van der Waals surface area contributed by atoms with Crippen LogP contribution in [0, 0.1) is 18.7 Å². The van der Waals surface area contributed by atoms with Gasteiger partial charge in [0.2, 0.25) is 5.91 Å². The molecule has 3 N–H and O–H groups in total. The summed E-state index contributed by atoms with van der Waals surface area (Å²) >= 11 is 4.82. The monoisotopic (exact) mass is 254 g/mol. The molecule has 17 heavy (non-hydrogen) atoms. The number of carbonyl (C=O) groups is 1. The fourth-order valence-electron chi connectivity index (χ4n) is 1.50. The summed E-state index contributed by atoms with van der Waals surface area (Å²) < 4.78 is 12.9. The standard InChI is InChI=1S/C12H15FN2OS/c1-3-9(11(14)17)12(16)15-10-5-4-8(13)6-7(10)2/h4-6,9H,3H2,1-2H3,(H2,14,17)(H,15,16). The van der Waals surface area contributed by atoms with Crippen LogP contribution in [0.25, 0.3) is 0 Å². The lowest BCUT2D eigenvalue weighted by Gasteiger charge is -2.14. The molecule has 92 valence electrons. The molecule has 1 unspecified atom stereocenters. The third-order valence-corrected chi connectivity index (χ3v) is 2.80. The van der Waals surface area contributed by atoms with Crippen LogP contribution in [0.5, 0.6) is 0 Å². The predicted molar refractivity (Wildman–Crippen MR) is 70.3 cm³/mol. The smallest absolute Gasteiger partial charge is 0.234 e. The minimum absolute atomic E-state index is 0.171. The molecular weight excluding hydrogens is 239 g/mol. The van der Waals surface area contributed by atoms with Gasteiger partial charge in [-0.05, 0) is 37.1 Å². The molecule has 1 amide bonds. The highest BCUT2D eigenvalue weighted by atomic mass is 32.1. The molecule has 0 radical (unpaired) electrons. The van der Waals surface area contributed by atoms with Crippen LogP contribution >= 0.6 is 12.2 Å². The van der Waals surface area contributed by atoms with Gasteiger partial charge in [0.15, 0.2) is 0 Å². The summed E-state index contributed by atoms with van der Waals surface area (Å²) in [6, 6.07) is 4.18. The number of hydrogen-bond donors (Lipinski definition) is 2. The Morgan fingerprint density at radius 2 is 2.24 bits per heavy atom. The number of nitrogens with one attached hydrogen (secondary N) is 1. The lowest BCUT2D eigenvalue weighted by atomic mass is 10.1. The second-order valence-electron chi connectivity index (χ2n) is 3.81. The van der Waals surface area contributed by atoms with E-state index in [4.69, 9.17) is 18.0 Å². The van der Waals surface area contributed by atoms with Crippen LogP contribution in [-0.2, 0) is 4.79 Å². The van der Waals surface area contributed by atoms with Crippen molar-refractivity contribution in [3.8, 4) is 0 Å². The molecule has 5 heteroatoms. The van der Waals surface area contributed by atoms with Gasteiger partial charge in [0.05, 0.1) is 10.9 Å². The van der Waals surface area contributed by atoms with Crippen molar-refractivity contribution in [3.63, 3.8) is 0 Å². The highest BCUT2D eigenvalue weighted by Crippen LogP contribution is 2.17. The van der Waals surface area contributed by atoms with Crippen molar-refractivity contribution >= 4 is 28.8 Å². The van der Waals surface area contributed by atoms with E-state index in [-0.39, 0.29) is 16.7 Å². The van der Waals surface area contributed by atoms with E-state index in [1.807, 2.05) is 6.92 Å². The molecule has 0 aliphatic heterocycles. The predicted octanol–water partition coefficient (Wildman–Crippen LogP) is 2.38. The van der Waals surface area contributed by atoms with Crippen LogP contribution in [0.3, 0.4) is 0 Å². The summed E-state index contributed by atoms with van der Waals surface area (Å²) in [5, 5.41) is 2.70. The van der Waals surface area contributed by atoms with E-state index >= 15 is 0 Å². The molecule has 0 spiro atoms. The van der Waals surface area contributed by atoms with E-state index in [0.717, 1.165) is 0 Å². The number of anilines is 1. The second kappa shape index (κ2) is 5.72. The van der Waals surface area contributed by atoms with Crippen molar-refractivity contribution in [2.45, 2.75) is 20.3 Å². The number of amides is 1. The number of hydrogen-bond acceptors (Lipinski definition) is 2. The first-order valence-corrected chi connectivity index (χ1v) is 5.72. The quantitative estimate of drug-likeness (QED) is 0.811. The average molecular weight is 254 g/mol. The zero-order valence-corrected chi connectivity index (χ0v) is 10.6. The number of halogens is 1. The van der Waals surface area contributed by atoms with Crippen LogP contribution in [-0.4, -0.2) is 10.9 Å². The van der Waals surface area contributed by atoms with Gasteiger partial charge in [0.25, 0.3) is 0 Å². The Morgan fingerprint density at radius 3 is 2.71 bits per heavy atom. The first kappa shape index (κ1) is 13.6. The molecule has 0 aliphatic rings. The third-order valence-electron chi connectivity index (χ3n) is 2.51. The number of aryl methyl sites for hydroxylation is 1. The maximum Gasteiger partial charge on any atom is 0.234 e. The molecule has 1 aromatic rings. The molecule has 0 fully saturated rings. The van der Waals surface area contributed by atoms with E-state index < -0.39 is 5.92 Å². The van der Waals surface area contributed by atoms with Gasteiger partial charge in [-0.25, -0.2) is 4.39 Å². The van der Waals surface area contributed by atoms with Gasteiger partial charge in [-0.1, -0.05) is 19.1 Å². The summed E-state index contributed by atoms with van der Waals surface area (Å²) in [6.07, 6.45) is 0.543. The Labute approximate surface area is 105 Å². The highest BCUT2D eigenvalue weighted by Gasteiger charge is 2.19. The van der Waals surface area contributed by atoms with Gasteiger partial charge < -0.3 is 11.1 Å². The minimum atomic E-state index is -0.491. The van der Waals surface area contributed by atoms with E-state index in [2.05, 4.69) is 5.32 Å². The summed E-state index contributed by atoms with van der Waals surface area (Å²) in [5.41, 5.74) is 6.71. The Morgan fingerprint density at radius 1 is 1.59 bits per heavy atom. The molecule has 0 heterocycles. The van der Waals surface area contributed by atoms with E-state index in [1.54, 1.807) is 6.92 Å². The van der Waals surface area contributed by atoms with Crippen LogP contribution in [0.15, 0.2) is 18.2 Å². The maximum absolute atomic E-state index is 12.9. The maximum atomic E-state index is 12.9. The zero-order chi connectivity index (χ0) is 13.0. The molecular formula is C12H15FN2OS. The van der Waals surface area contributed by atoms with Crippen molar-refractivity contribution in [2.75, 3.05) is 5.32 Å². The first-order chi connectivity index (χ1) is 7.95. The van der Waals surface area contributed by atoms with Gasteiger partial charge in [0.1, 0.15) is 5.82 Å². The van der Waals surface area contributed by atoms with Crippen molar-refractivity contribution in [2.24, 2.45) is 11.7 Å². The number of nitrogens with two attached hydrogens (primary N) is 1. The average Bonchev–Trinajstić information content (AvgIpc) is 2.22. The van der Waals surface area contributed by atoms with Crippen LogP contribution in [0.2, 0.25) is 0 Å². The summed E-state index contributed by atoms with van der Waals surface area (Å²) in [5.74, 6) is -1.08. The first-order valence-electron chi connectivity index (χ1n) is 5.32. The minimum Gasteiger partial charge on any atom is -0.393 e. The van der Waals surface area contributed by atoms with Gasteiger partial charge >= 0.3 is 0 Å². The van der Waals surface area contributed by atoms with E-state index in [0.29, 0.717) is 17.7 Å². The van der Waals surface area contributed by atoms with Gasteiger partial charge in [0, 0.05) is 5.69 Å². The van der Waals surface area contributed by atoms with Crippen molar-refractivity contribution in [3.05, 3.63) is 29.6 Å². The number of rotatable bonds is 4. The van der Waals surface area contributed by atoms with E-state index in [1.165, 1.54) is 18.2 Å². The van der Waals surface area contributed by atoms with Crippen LogP contribution in [0.4, 0.5) is 10.1 Å². The Balaban J connectivity index is 2.84. The Kier molecular flexibility index (Phi) is 4.57. The molecule has 1 rings (SSSR count). The number of carbonyl (C=O) groups excluding carboxylic acids is 1. The van der Waals surface area contributed by atoms with Crippen molar-refractivity contribution in [1.82, 2.24) is 0 Å². The Bertz CT molecular complexity index is 448. The van der Waals surface area contributed by atoms with Crippen LogP contribution in [0.1, 0.15) is 18.9 Å². The molecule has 1 aromatic carbocycles. The normalized spacial score (nSPS) is 11.9. The lowest BCUT2D eigenvalue weighted by molar-refractivity contribution is -0.118. The molecule has 0 aliphatic carbocycles. The summed E-state index contributed by atoms with van der Waals surface area (Å²) in [6.45, 7) is 3.56. The highest BCUT2D eigenvalue weighted by molar-refractivity contribution is 7.80. The SMILES string of the molecule is CCC(C(=O)Nc1ccc(F)cc1C)C(N)=S. The summed E-state index contributed by atoms with van der Waals surface area (Å²) in [4.78, 5) is 12.0. The van der Waals surface area contributed by atoms with E-state index in [9.17, 15) is 9.18 Å². The number of thiocarbonyl (C=S) groups is 1. The van der Waals surface area contributed by atoms with Crippen molar-refractivity contribution in [1.29, 1.82) is 0 Å². The summed E-state index contributed by atoms with van der Waals surface area (Å²) in [7, 11) is 0. The molecule has 0 saturated heterocycles. The van der Waals surface area contributed by atoms with Gasteiger partial charge in [-0.3, -0.25) is 4.79 Å². The molecule has 0 saturated carbocycles.